The number of carbonyl (C=O) groups excluding carboxylic acids is 1. The van der Waals surface area contributed by atoms with Crippen molar-refractivity contribution in [3.05, 3.63) is 35.4 Å². The molecule has 2 N–H and O–H groups in total. The molecule has 1 aromatic rings. The Labute approximate surface area is 113 Å². The molecule has 4 heteroatoms. The number of hydrogen-bond donors (Lipinski definition) is 1. The number of likely N-dealkylation sites (N-methyl/N-ethyl adjacent to an activating group) is 1. The fraction of sp³-hybridized carbons (Fsp3) is 0.500. The topological polar surface area (TPSA) is 46.3 Å². The smallest absolute Gasteiger partial charge is 0.240 e. The van der Waals surface area contributed by atoms with Crippen LogP contribution in [0.1, 0.15) is 23.3 Å². The molecule has 1 aliphatic rings. The van der Waals surface area contributed by atoms with Gasteiger partial charge in [-0.2, -0.15) is 0 Å². The van der Waals surface area contributed by atoms with Gasteiger partial charge in [0.25, 0.3) is 0 Å². The van der Waals surface area contributed by atoms with Crippen molar-refractivity contribution >= 4 is 17.7 Å². The van der Waals surface area contributed by atoms with Gasteiger partial charge in [-0.15, -0.1) is 11.8 Å². The number of nitrogens with two attached hydrogens (primary N) is 1. The lowest BCUT2D eigenvalue weighted by atomic mass is 10.0. The maximum absolute atomic E-state index is 12.5. The van der Waals surface area contributed by atoms with Gasteiger partial charge in [-0.1, -0.05) is 24.3 Å². The molecule has 1 aromatic carbocycles. The molecular formula is C14H20N2OS. The van der Waals surface area contributed by atoms with Crippen LogP contribution >= 0.6 is 11.8 Å². The van der Waals surface area contributed by atoms with Crippen LogP contribution in [-0.2, 0) is 11.2 Å². The first kappa shape index (κ1) is 13.4. The molecule has 0 radical (unpaired) electrons. The summed E-state index contributed by atoms with van der Waals surface area (Å²) in [6.07, 6.45) is 1.06. The second-order valence-electron chi connectivity index (χ2n) is 4.73. The van der Waals surface area contributed by atoms with Crippen LogP contribution in [0.25, 0.3) is 0 Å². The van der Waals surface area contributed by atoms with Gasteiger partial charge in [0.1, 0.15) is 5.25 Å². The van der Waals surface area contributed by atoms with Gasteiger partial charge in [0.2, 0.25) is 5.91 Å². The fourth-order valence-electron chi connectivity index (χ4n) is 2.16. The molecule has 2 unspecified atom stereocenters. The van der Waals surface area contributed by atoms with Crippen LogP contribution in [0.4, 0.5) is 0 Å². The SMILES string of the molecule is CC(CN)N(C)C(=O)C1SCCc2ccccc21. The van der Waals surface area contributed by atoms with E-state index in [4.69, 9.17) is 5.73 Å². The van der Waals surface area contributed by atoms with Gasteiger partial charge in [0.05, 0.1) is 0 Å². The Kier molecular flexibility index (Phi) is 4.30. The molecule has 0 saturated carbocycles. The molecule has 0 fully saturated rings. The van der Waals surface area contributed by atoms with Crippen LogP contribution in [0, 0.1) is 0 Å². The number of aryl methyl sites for hydroxylation is 1. The molecule has 3 nitrogen and oxygen atoms in total. The number of amides is 1. The van der Waals surface area contributed by atoms with Crippen molar-refractivity contribution in [2.45, 2.75) is 24.6 Å². The van der Waals surface area contributed by atoms with Crippen molar-refractivity contribution in [3.63, 3.8) is 0 Å². The van der Waals surface area contributed by atoms with Gasteiger partial charge in [-0.25, -0.2) is 0 Å². The third-order valence-corrected chi connectivity index (χ3v) is 4.80. The highest BCUT2D eigenvalue weighted by Crippen LogP contribution is 2.37. The highest BCUT2D eigenvalue weighted by atomic mass is 32.2. The Morgan fingerprint density at radius 2 is 2.28 bits per heavy atom. The van der Waals surface area contributed by atoms with E-state index in [1.165, 1.54) is 11.1 Å². The van der Waals surface area contributed by atoms with Gasteiger partial charge in [0.15, 0.2) is 0 Å². The second kappa shape index (κ2) is 5.76. The summed E-state index contributed by atoms with van der Waals surface area (Å²) in [6.45, 7) is 2.48. The predicted molar refractivity (Wildman–Crippen MR) is 76.6 cm³/mol. The van der Waals surface area contributed by atoms with Crippen LogP contribution in [0.15, 0.2) is 24.3 Å². The van der Waals surface area contributed by atoms with Crippen molar-refractivity contribution in [2.75, 3.05) is 19.3 Å². The first-order valence-corrected chi connectivity index (χ1v) is 7.36. The van der Waals surface area contributed by atoms with Gasteiger partial charge in [-0.3, -0.25) is 4.79 Å². The van der Waals surface area contributed by atoms with E-state index in [9.17, 15) is 4.79 Å². The number of carbonyl (C=O) groups is 1. The number of fused-ring (bicyclic) bond motifs is 1. The minimum absolute atomic E-state index is 0.0612. The number of hydrogen-bond acceptors (Lipinski definition) is 3. The van der Waals surface area contributed by atoms with E-state index in [1.807, 2.05) is 26.1 Å². The second-order valence-corrected chi connectivity index (χ2v) is 5.95. The average molecular weight is 264 g/mol. The first-order chi connectivity index (χ1) is 8.65. The monoisotopic (exact) mass is 264 g/mol. The zero-order valence-corrected chi connectivity index (χ0v) is 11.7. The minimum atomic E-state index is -0.0612. The molecule has 0 spiro atoms. The summed E-state index contributed by atoms with van der Waals surface area (Å²) in [6, 6.07) is 8.35. The van der Waals surface area contributed by atoms with Crippen LogP contribution in [0.2, 0.25) is 0 Å². The first-order valence-electron chi connectivity index (χ1n) is 6.31. The molecule has 1 aliphatic heterocycles. The van der Waals surface area contributed by atoms with Gasteiger partial charge >= 0.3 is 0 Å². The van der Waals surface area contributed by atoms with Gasteiger partial charge < -0.3 is 10.6 Å². The van der Waals surface area contributed by atoms with Crippen molar-refractivity contribution < 1.29 is 4.79 Å². The summed E-state index contributed by atoms with van der Waals surface area (Å²) < 4.78 is 0. The normalized spacial score (nSPS) is 20.1. The number of rotatable bonds is 3. The third kappa shape index (κ3) is 2.54. The van der Waals surface area contributed by atoms with E-state index in [0.29, 0.717) is 6.54 Å². The standard InChI is InChI=1S/C14H20N2OS/c1-10(9-15)16(2)14(17)13-12-6-4-3-5-11(12)7-8-18-13/h3-6,10,13H,7-9,15H2,1-2H3. The molecule has 0 bridgehead atoms. The Bertz CT molecular complexity index is 436. The Balaban J connectivity index is 2.22. The molecule has 2 rings (SSSR count). The number of nitrogens with zero attached hydrogens (tertiary/aromatic N) is 1. The van der Waals surface area contributed by atoms with Crippen molar-refractivity contribution in [3.8, 4) is 0 Å². The number of benzene rings is 1. The minimum Gasteiger partial charge on any atom is -0.341 e. The molecule has 1 heterocycles. The Hall–Kier alpha value is -1.00. The summed E-state index contributed by atoms with van der Waals surface area (Å²) in [4.78, 5) is 14.3. The fourth-order valence-corrected chi connectivity index (χ4v) is 3.45. The lowest BCUT2D eigenvalue weighted by Crippen LogP contribution is -2.42. The van der Waals surface area contributed by atoms with E-state index in [0.717, 1.165) is 12.2 Å². The maximum atomic E-state index is 12.5. The van der Waals surface area contributed by atoms with E-state index in [-0.39, 0.29) is 17.2 Å². The van der Waals surface area contributed by atoms with E-state index >= 15 is 0 Å². The lowest BCUT2D eigenvalue weighted by molar-refractivity contribution is -0.131. The van der Waals surface area contributed by atoms with E-state index in [2.05, 4.69) is 12.1 Å². The van der Waals surface area contributed by atoms with E-state index in [1.54, 1.807) is 16.7 Å². The van der Waals surface area contributed by atoms with Crippen LogP contribution in [0.3, 0.4) is 0 Å². The summed E-state index contributed by atoms with van der Waals surface area (Å²) in [5, 5.41) is -0.0612. The van der Waals surface area contributed by atoms with Crippen LogP contribution < -0.4 is 5.73 Å². The summed E-state index contributed by atoms with van der Waals surface area (Å²) >= 11 is 1.74. The quantitative estimate of drug-likeness (QED) is 0.906. The Morgan fingerprint density at radius 1 is 1.56 bits per heavy atom. The summed E-state index contributed by atoms with van der Waals surface area (Å²) in [7, 11) is 1.84. The maximum Gasteiger partial charge on any atom is 0.240 e. The zero-order valence-electron chi connectivity index (χ0n) is 10.9. The molecule has 0 aliphatic carbocycles. The lowest BCUT2D eigenvalue weighted by Gasteiger charge is -2.31. The van der Waals surface area contributed by atoms with Crippen LogP contribution in [-0.4, -0.2) is 36.2 Å². The van der Waals surface area contributed by atoms with Gasteiger partial charge in [0, 0.05) is 19.6 Å². The van der Waals surface area contributed by atoms with Gasteiger partial charge in [-0.05, 0) is 30.2 Å². The molecule has 1 amide bonds. The molecule has 2 atom stereocenters. The highest BCUT2D eigenvalue weighted by Gasteiger charge is 2.30. The van der Waals surface area contributed by atoms with Crippen molar-refractivity contribution in [1.29, 1.82) is 0 Å². The third-order valence-electron chi connectivity index (χ3n) is 3.57. The largest absolute Gasteiger partial charge is 0.341 e. The van der Waals surface area contributed by atoms with E-state index < -0.39 is 0 Å². The molecule has 0 aromatic heterocycles. The molecule has 18 heavy (non-hydrogen) atoms. The molecule has 0 saturated heterocycles. The molecule has 98 valence electrons. The molecular weight excluding hydrogens is 244 g/mol. The zero-order chi connectivity index (χ0) is 13.1. The number of thioether (sulfide) groups is 1. The summed E-state index contributed by atoms with van der Waals surface area (Å²) in [5.41, 5.74) is 8.12. The van der Waals surface area contributed by atoms with Crippen molar-refractivity contribution in [1.82, 2.24) is 4.90 Å². The van der Waals surface area contributed by atoms with Crippen molar-refractivity contribution in [2.24, 2.45) is 5.73 Å². The summed E-state index contributed by atoms with van der Waals surface area (Å²) in [5.74, 6) is 1.18. The average Bonchev–Trinajstić information content (AvgIpc) is 2.44. The highest BCUT2D eigenvalue weighted by molar-refractivity contribution is 8.00. The Morgan fingerprint density at radius 3 is 3.00 bits per heavy atom. The van der Waals surface area contributed by atoms with Crippen LogP contribution in [0.5, 0.6) is 0 Å². The predicted octanol–water partition coefficient (Wildman–Crippen LogP) is 1.82.